The van der Waals surface area contributed by atoms with E-state index >= 15 is 0 Å². The molecule has 32 heavy (non-hydrogen) atoms. The van der Waals surface area contributed by atoms with Gasteiger partial charge in [-0.25, -0.2) is 0 Å². The third-order valence-corrected chi connectivity index (χ3v) is 5.97. The van der Waals surface area contributed by atoms with Gasteiger partial charge < -0.3 is 15.4 Å². The molecule has 2 aromatic rings. The largest absolute Gasteiger partial charge is 0.490 e. The number of benzene rings is 2. The number of hydrogen-bond acceptors (Lipinski definition) is 4. The highest BCUT2D eigenvalue weighted by Gasteiger charge is 2.21. The second-order valence-corrected chi connectivity index (χ2v) is 9.39. The van der Waals surface area contributed by atoms with E-state index in [1.165, 1.54) is 6.42 Å². The maximum atomic E-state index is 12.6. The van der Waals surface area contributed by atoms with Gasteiger partial charge in [-0.05, 0) is 91.2 Å². The maximum absolute atomic E-state index is 12.6. The van der Waals surface area contributed by atoms with Crippen LogP contribution in [0, 0.1) is 5.92 Å². The maximum Gasteiger partial charge on any atom is 0.257 e. The number of halogens is 1. The minimum Gasteiger partial charge on any atom is -0.490 e. The summed E-state index contributed by atoms with van der Waals surface area (Å²) in [5.74, 6) is 0.482. The van der Waals surface area contributed by atoms with E-state index in [1.807, 2.05) is 32.0 Å². The van der Waals surface area contributed by atoms with Crippen LogP contribution in [0.4, 0.5) is 11.4 Å². The summed E-state index contributed by atoms with van der Waals surface area (Å²) in [6.45, 7) is 3.88. The number of carbonyl (C=O) groups is 2. The lowest BCUT2D eigenvalue weighted by atomic mass is 9.88. The molecule has 0 spiro atoms. The van der Waals surface area contributed by atoms with E-state index in [2.05, 4.69) is 31.9 Å². The standard InChI is InChI=1S/C24H28BrN3O3S/c1-15(2)31-21-12-11-17(13-20(21)25)23(30)28-24(32)27-19-10-6-9-18(14-19)26-22(29)16-7-4-3-5-8-16/h6,9-16H,3-5,7-8H2,1-2H3,(H,26,29)(H2,27,28,30,32). The van der Waals surface area contributed by atoms with Crippen molar-refractivity contribution in [1.82, 2.24) is 5.32 Å². The Balaban J connectivity index is 1.56. The first-order valence-electron chi connectivity index (χ1n) is 10.8. The summed E-state index contributed by atoms with van der Waals surface area (Å²) < 4.78 is 6.36. The summed E-state index contributed by atoms with van der Waals surface area (Å²) in [4.78, 5) is 25.0. The van der Waals surface area contributed by atoms with Crippen LogP contribution in [0.5, 0.6) is 5.75 Å². The summed E-state index contributed by atoms with van der Waals surface area (Å²) in [5.41, 5.74) is 1.83. The van der Waals surface area contributed by atoms with E-state index in [-0.39, 0.29) is 28.9 Å². The summed E-state index contributed by atoms with van der Waals surface area (Å²) >= 11 is 8.73. The Kier molecular flexibility index (Phi) is 8.64. The van der Waals surface area contributed by atoms with E-state index in [0.717, 1.165) is 25.7 Å². The second-order valence-electron chi connectivity index (χ2n) is 8.13. The van der Waals surface area contributed by atoms with Crippen LogP contribution in [0.3, 0.4) is 0 Å². The fourth-order valence-corrected chi connectivity index (χ4v) is 4.30. The van der Waals surface area contributed by atoms with Crippen LogP contribution in [0.2, 0.25) is 0 Å². The lowest BCUT2D eigenvalue weighted by Gasteiger charge is -2.21. The molecule has 2 amide bonds. The van der Waals surface area contributed by atoms with Crippen molar-refractivity contribution in [2.24, 2.45) is 5.92 Å². The van der Waals surface area contributed by atoms with E-state index in [4.69, 9.17) is 17.0 Å². The molecule has 170 valence electrons. The highest BCUT2D eigenvalue weighted by atomic mass is 79.9. The highest BCUT2D eigenvalue weighted by Crippen LogP contribution is 2.27. The molecule has 0 aliphatic heterocycles. The Morgan fingerprint density at radius 2 is 1.72 bits per heavy atom. The number of hydrogen-bond donors (Lipinski definition) is 3. The third kappa shape index (κ3) is 7.03. The van der Waals surface area contributed by atoms with Gasteiger partial charge in [0.05, 0.1) is 10.6 Å². The van der Waals surface area contributed by atoms with Gasteiger partial charge >= 0.3 is 0 Å². The molecule has 1 aliphatic carbocycles. The molecule has 0 saturated heterocycles. The number of ether oxygens (including phenoxy) is 1. The van der Waals surface area contributed by atoms with Crippen LogP contribution in [0.25, 0.3) is 0 Å². The van der Waals surface area contributed by atoms with Gasteiger partial charge in [0.1, 0.15) is 5.75 Å². The van der Waals surface area contributed by atoms with Crippen molar-refractivity contribution in [2.45, 2.75) is 52.1 Å². The Morgan fingerprint density at radius 1 is 1.03 bits per heavy atom. The monoisotopic (exact) mass is 517 g/mol. The summed E-state index contributed by atoms with van der Waals surface area (Å²) in [5, 5.41) is 8.84. The molecule has 0 heterocycles. The molecule has 0 bridgehead atoms. The van der Waals surface area contributed by atoms with Gasteiger partial charge in [-0.3, -0.25) is 14.9 Å². The lowest BCUT2D eigenvalue weighted by molar-refractivity contribution is -0.120. The Morgan fingerprint density at radius 3 is 2.38 bits per heavy atom. The van der Waals surface area contributed by atoms with Crippen molar-refractivity contribution >= 4 is 56.4 Å². The molecule has 0 unspecified atom stereocenters. The van der Waals surface area contributed by atoms with Gasteiger partial charge in [0.15, 0.2) is 5.11 Å². The minimum atomic E-state index is -0.332. The van der Waals surface area contributed by atoms with Gasteiger partial charge in [-0.15, -0.1) is 0 Å². The van der Waals surface area contributed by atoms with E-state index in [9.17, 15) is 9.59 Å². The van der Waals surface area contributed by atoms with Crippen molar-refractivity contribution in [1.29, 1.82) is 0 Å². The summed E-state index contributed by atoms with van der Waals surface area (Å²) in [6, 6.07) is 12.4. The Bertz CT molecular complexity index is 990. The molecule has 0 radical (unpaired) electrons. The smallest absolute Gasteiger partial charge is 0.257 e. The fourth-order valence-electron chi connectivity index (χ4n) is 3.61. The second kappa shape index (κ2) is 11.4. The van der Waals surface area contributed by atoms with Gasteiger partial charge in [0.2, 0.25) is 5.91 Å². The first kappa shape index (κ1) is 24.2. The average molecular weight is 518 g/mol. The highest BCUT2D eigenvalue weighted by molar-refractivity contribution is 9.10. The molecular formula is C24H28BrN3O3S. The van der Waals surface area contributed by atoms with Crippen LogP contribution < -0.4 is 20.7 Å². The molecule has 1 aliphatic rings. The van der Waals surface area contributed by atoms with E-state index < -0.39 is 0 Å². The first-order valence-corrected chi connectivity index (χ1v) is 12.0. The van der Waals surface area contributed by atoms with Crippen molar-refractivity contribution in [3.8, 4) is 5.75 Å². The van der Waals surface area contributed by atoms with Gasteiger partial charge in [-0.2, -0.15) is 0 Å². The van der Waals surface area contributed by atoms with Crippen molar-refractivity contribution in [3.63, 3.8) is 0 Å². The minimum absolute atomic E-state index is 0.0333. The summed E-state index contributed by atoms with van der Waals surface area (Å²) in [6.07, 6.45) is 5.35. The van der Waals surface area contributed by atoms with E-state index in [1.54, 1.807) is 24.3 Å². The number of anilines is 2. The normalized spacial score (nSPS) is 14.0. The first-order chi connectivity index (χ1) is 15.3. The molecule has 2 aromatic carbocycles. The molecule has 3 rings (SSSR count). The van der Waals surface area contributed by atoms with Gasteiger partial charge in [0.25, 0.3) is 5.91 Å². The Hall–Kier alpha value is -2.45. The van der Waals surface area contributed by atoms with Crippen LogP contribution in [0.15, 0.2) is 46.9 Å². The summed E-state index contributed by atoms with van der Waals surface area (Å²) in [7, 11) is 0. The van der Waals surface area contributed by atoms with Crippen LogP contribution in [0.1, 0.15) is 56.3 Å². The number of thiocarbonyl (C=S) groups is 1. The predicted octanol–water partition coefficient (Wildman–Crippen LogP) is 5.88. The topological polar surface area (TPSA) is 79.5 Å². The zero-order valence-electron chi connectivity index (χ0n) is 18.2. The number of carbonyl (C=O) groups excluding carboxylic acids is 2. The predicted molar refractivity (Wildman–Crippen MR) is 135 cm³/mol. The molecule has 3 N–H and O–H groups in total. The zero-order valence-corrected chi connectivity index (χ0v) is 20.6. The molecule has 8 heteroatoms. The molecule has 0 aromatic heterocycles. The van der Waals surface area contributed by atoms with Crippen LogP contribution in [-0.4, -0.2) is 23.0 Å². The number of nitrogens with one attached hydrogen (secondary N) is 3. The molecular weight excluding hydrogens is 490 g/mol. The number of amides is 2. The van der Waals surface area contributed by atoms with E-state index in [0.29, 0.717) is 27.2 Å². The quantitative estimate of drug-likeness (QED) is 0.416. The zero-order chi connectivity index (χ0) is 23.1. The molecule has 1 fully saturated rings. The molecule has 6 nitrogen and oxygen atoms in total. The van der Waals surface area contributed by atoms with Gasteiger partial charge in [0, 0.05) is 22.9 Å². The van der Waals surface area contributed by atoms with Crippen LogP contribution >= 0.6 is 28.1 Å². The van der Waals surface area contributed by atoms with Crippen molar-refractivity contribution in [2.75, 3.05) is 10.6 Å². The van der Waals surface area contributed by atoms with Crippen molar-refractivity contribution < 1.29 is 14.3 Å². The average Bonchev–Trinajstić information content (AvgIpc) is 2.75. The fraction of sp³-hybridized carbons (Fsp3) is 0.375. The third-order valence-electron chi connectivity index (χ3n) is 5.15. The number of rotatable bonds is 6. The van der Waals surface area contributed by atoms with Gasteiger partial charge in [-0.1, -0.05) is 25.3 Å². The van der Waals surface area contributed by atoms with Crippen molar-refractivity contribution in [3.05, 3.63) is 52.5 Å². The Labute approximate surface area is 202 Å². The lowest BCUT2D eigenvalue weighted by Crippen LogP contribution is -2.34. The van der Waals surface area contributed by atoms with Crippen LogP contribution in [-0.2, 0) is 4.79 Å². The molecule has 0 atom stereocenters. The molecule has 1 saturated carbocycles. The SMILES string of the molecule is CC(C)Oc1ccc(C(=O)NC(=S)Nc2cccc(NC(=O)C3CCCCC3)c2)cc1Br.